The number of carbonyl (C=O) groups excluding carboxylic acids is 1. The average Bonchev–Trinajstić information content (AvgIpc) is 3.55. The van der Waals surface area contributed by atoms with Crippen molar-refractivity contribution in [3.63, 3.8) is 0 Å². The molecule has 0 bridgehead atoms. The molecule has 1 aromatic carbocycles. The van der Waals surface area contributed by atoms with Crippen molar-refractivity contribution in [2.24, 2.45) is 10.9 Å². The Morgan fingerprint density at radius 2 is 1.94 bits per heavy atom. The zero-order valence-corrected chi connectivity index (χ0v) is 22.2. The van der Waals surface area contributed by atoms with Gasteiger partial charge < -0.3 is 20.3 Å². The number of guanidine groups is 1. The molecule has 1 aliphatic heterocycles. The number of aliphatic imine (C=N–C) groups is 1. The van der Waals surface area contributed by atoms with Crippen LogP contribution in [-0.4, -0.2) is 47.4 Å². The number of rotatable bonds is 8. The number of hydrogen-bond donors (Lipinski definition) is 2. The number of aromatic nitrogens is 1. The number of pyridine rings is 1. The number of hydrogen-bond acceptors (Lipinski definition) is 4. The van der Waals surface area contributed by atoms with Crippen molar-refractivity contribution in [3.05, 3.63) is 59.8 Å². The Labute approximate surface area is 219 Å². The van der Waals surface area contributed by atoms with Gasteiger partial charge in [0.1, 0.15) is 6.61 Å². The number of nitrogens with one attached hydrogen (secondary N) is 2. The highest BCUT2D eigenvalue weighted by Crippen LogP contribution is 2.28. The molecule has 4 rings (SSSR count). The normalized spacial score (nSPS) is 18.4. The Balaban J connectivity index is 0.00000324. The topological polar surface area (TPSA) is 78.9 Å². The molecule has 7 nitrogen and oxygen atoms in total. The van der Waals surface area contributed by atoms with Crippen LogP contribution in [0, 0.1) is 5.92 Å². The van der Waals surface area contributed by atoms with Gasteiger partial charge in [-0.2, -0.15) is 0 Å². The summed E-state index contributed by atoms with van der Waals surface area (Å²) in [5.41, 5.74) is 2.04. The molecule has 184 valence electrons. The molecule has 1 saturated carbocycles. The zero-order chi connectivity index (χ0) is 22.9. The van der Waals surface area contributed by atoms with E-state index in [1.54, 1.807) is 6.20 Å². The largest absolute Gasteiger partial charge is 0.473 e. The van der Waals surface area contributed by atoms with E-state index in [0.717, 1.165) is 56.0 Å². The van der Waals surface area contributed by atoms with E-state index < -0.39 is 0 Å². The van der Waals surface area contributed by atoms with Crippen molar-refractivity contribution in [1.29, 1.82) is 0 Å². The maximum absolute atomic E-state index is 12.7. The molecule has 1 atom stereocenters. The summed E-state index contributed by atoms with van der Waals surface area (Å²) >= 11 is 0. The highest BCUT2D eigenvalue weighted by atomic mass is 127. The molecule has 34 heavy (non-hydrogen) atoms. The lowest BCUT2D eigenvalue weighted by Gasteiger charge is -2.21. The second kappa shape index (κ2) is 13.5. The van der Waals surface area contributed by atoms with Crippen LogP contribution in [0.15, 0.2) is 53.7 Å². The summed E-state index contributed by atoms with van der Waals surface area (Å²) in [6.45, 7) is 5.34. The molecule has 2 fully saturated rings. The Morgan fingerprint density at radius 3 is 2.71 bits per heavy atom. The first-order valence-corrected chi connectivity index (χ1v) is 12.2. The van der Waals surface area contributed by atoms with Crippen LogP contribution in [0.3, 0.4) is 0 Å². The van der Waals surface area contributed by atoms with Gasteiger partial charge in [0, 0.05) is 43.4 Å². The highest BCUT2D eigenvalue weighted by Gasteiger charge is 2.32. The number of nitrogens with zero attached hydrogens (tertiary/aromatic N) is 3. The third kappa shape index (κ3) is 7.32. The minimum absolute atomic E-state index is 0. The van der Waals surface area contributed by atoms with Gasteiger partial charge in [-0.1, -0.05) is 49.2 Å². The van der Waals surface area contributed by atoms with E-state index in [4.69, 9.17) is 9.73 Å². The number of halogens is 1. The van der Waals surface area contributed by atoms with Crippen LogP contribution < -0.4 is 15.4 Å². The van der Waals surface area contributed by atoms with Crippen molar-refractivity contribution >= 4 is 35.8 Å². The lowest BCUT2D eigenvalue weighted by molar-refractivity contribution is -0.134. The van der Waals surface area contributed by atoms with Gasteiger partial charge >= 0.3 is 0 Å². The third-order valence-corrected chi connectivity index (χ3v) is 6.37. The van der Waals surface area contributed by atoms with Gasteiger partial charge in [-0.3, -0.25) is 4.79 Å². The first-order valence-electron chi connectivity index (χ1n) is 12.2. The molecule has 2 aromatic rings. The van der Waals surface area contributed by atoms with E-state index in [2.05, 4.69) is 22.5 Å². The van der Waals surface area contributed by atoms with Crippen molar-refractivity contribution in [1.82, 2.24) is 20.5 Å². The van der Waals surface area contributed by atoms with E-state index in [1.165, 1.54) is 12.8 Å². The van der Waals surface area contributed by atoms with Crippen LogP contribution >= 0.6 is 24.0 Å². The lowest BCUT2D eigenvalue weighted by atomic mass is 10.1. The number of ether oxygens (including phenoxy) is 1. The van der Waals surface area contributed by atoms with Crippen LogP contribution in [0.25, 0.3) is 0 Å². The quantitative estimate of drug-likeness (QED) is 0.281. The predicted octanol–water partition coefficient (Wildman–Crippen LogP) is 4.12. The lowest BCUT2D eigenvalue weighted by Crippen LogP contribution is -2.45. The smallest absolute Gasteiger partial charge is 0.225 e. The monoisotopic (exact) mass is 577 g/mol. The molecule has 2 heterocycles. The highest BCUT2D eigenvalue weighted by molar-refractivity contribution is 14.0. The summed E-state index contributed by atoms with van der Waals surface area (Å²) in [5.74, 6) is 1.95. The van der Waals surface area contributed by atoms with E-state index >= 15 is 0 Å². The third-order valence-electron chi connectivity index (χ3n) is 6.37. The maximum Gasteiger partial charge on any atom is 0.225 e. The first-order chi connectivity index (χ1) is 16.2. The predicted molar refractivity (Wildman–Crippen MR) is 145 cm³/mol. The minimum Gasteiger partial charge on any atom is -0.473 e. The van der Waals surface area contributed by atoms with Crippen molar-refractivity contribution in [2.75, 3.05) is 19.6 Å². The van der Waals surface area contributed by atoms with Crippen molar-refractivity contribution in [2.45, 2.75) is 58.2 Å². The average molecular weight is 578 g/mol. The zero-order valence-electron chi connectivity index (χ0n) is 19.9. The summed E-state index contributed by atoms with van der Waals surface area (Å²) in [7, 11) is 0. The number of benzene rings is 1. The Morgan fingerprint density at radius 1 is 1.15 bits per heavy atom. The number of carbonyl (C=O) groups is 1. The van der Waals surface area contributed by atoms with Gasteiger partial charge in [-0.05, 0) is 37.8 Å². The van der Waals surface area contributed by atoms with Gasteiger partial charge in [-0.15, -0.1) is 24.0 Å². The van der Waals surface area contributed by atoms with Crippen molar-refractivity contribution < 1.29 is 9.53 Å². The molecule has 2 N–H and O–H groups in total. The van der Waals surface area contributed by atoms with Crippen LogP contribution in [0.1, 0.15) is 50.2 Å². The van der Waals surface area contributed by atoms with Gasteiger partial charge in [0.15, 0.2) is 5.96 Å². The Kier molecular flexibility index (Phi) is 10.4. The second-order valence-electron chi connectivity index (χ2n) is 8.83. The van der Waals surface area contributed by atoms with E-state index in [-0.39, 0.29) is 35.9 Å². The molecule has 8 heteroatoms. The van der Waals surface area contributed by atoms with Gasteiger partial charge in [0.2, 0.25) is 11.8 Å². The van der Waals surface area contributed by atoms with E-state index in [1.807, 2.05) is 47.4 Å². The SMILES string of the molecule is CCNC(=NCc1cccnc1OCc1ccccc1)NC1CCN(C(=O)C2CCCC2)C1.I. The van der Waals surface area contributed by atoms with Crippen LogP contribution in [0.5, 0.6) is 5.88 Å². The van der Waals surface area contributed by atoms with Crippen molar-refractivity contribution in [3.8, 4) is 5.88 Å². The molecule has 1 unspecified atom stereocenters. The molecule has 0 radical (unpaired) electrons. The van der Waals surface area contributed by atoms with Crippen LogP contribution in [-0.2, 0) is 17.9 Å². The molecule has 1 aromatic heterocycles. The molecular formula is C26H36IN5O2. The van der Waals surface area contributed by atoms with Gasteiger partial charge in [-0.25, -0.2) is 9.98 Å². The molecule has 0 spiro atoms. The molecule has 1 saturated heterocycles. The van der Waals surface area contributed by atoms with E-state index in [0.29, 0.717) is 24.9 Å². The summed E-state index contributed by atoms with van der Waals surface area (Å²) in [4.78, 5) is 24.0. The molecule has 1 amide bonds. The number of likely N-dealkylation sites (tertiary alicyclic amines) is 1. The maximum atomic E-state index is 12.7. The van der Waals surface area contributed by atoms with Crippen LogP contribution in [0.2, 0.25) is 0 Å². The first kappa shape index (κ1) is 26.2. The number of amides is 1. The molecule has 2 aliphatic rings. The summed E-state index contributed by atoms with van der Waals surface area (Å²) in [5, 5.41) is 6.85. The fraction of sp³-hybridized carbons (Fsp3) is 0.500. The summed E-state index contributed by atoms with van der Waals surface area (Å²) in [6, 6.07) is 14.2. The standard InChI is InChI=1S/C26H35N5O2.HI/c1-2-27-26(30-23-14-16-31(18-23)25(32)21-11-6-7-12-21)29-17-22-13-8-15-28-24(22)33-19-20-9-4-3-5-10-20;/h3-5,8-10,13,15,21,23H,2,6-7,11-12,14,16-19H2,1H3,(H2,27,29,30);1H. The fourth-order valence-electron chi connectivity index (χ4n) is 4.59. The van der Waals surface area contributed by atoms with Gasteiger partial charge in [0.25, 0.3) is 0 Å². The second-order valence-corrected chi connectivity index (χ2v) is 8.83. The fourth-order valence-corrected chi connectivity index (χ4v) is 4.59. The summed E-state index contributed by atoms with van der Waals surface area (Å²) in [6.07, 6.45) is 7.17. The Hall–Kier alpha value is -2.36. The van der Waals surface area contributed by atoms with Gasteiger partial charge in [0.05, 0.1) is 6.54 Å². The Bertz CT molecular complexity index is 934. The van der Waals surface area contributed by atoms with E-state index in [9.17, 15) is 4.79 Å². The van der Waals surface area contributed by atoms with Crippen LogP contribution in [0.4, 0.5) is 0 Å². The molecular weight excluding hydrogens is 541 g/mol. The summed E-state index contributed by atoms with van der Waals surface area (Å²) < 4.78 is 5.97. The molecule has 1 aliphatic carbocycles. The minimum atomic E-state index is 0.